The molecule has 0 radical (unpaired) electrons. The Balaban J connectivity index is 2.36. The predicted octanol–water partition coefficient (Wildman–Crippen LogP) is 2.55. The summed E-state index contributed by atoms with van der Waals surface area (Å²) in [7, 11) is 1.57. The Bertz CT molecular complexity index is 355. The molecule has 1 amide bonds. The molecule has 0 heterocycles. The molecule has 0 unspecified atom stereocenters. The van der Waals surface area contributed by atoms with Crippen molar-refractivity contribution in [2.24, 2.45) is 0 Å². The van der Waals surface area contributed by atoms with E-state index < -0.39 is 6.09 Å². The fourth-order valence-corrected chi connectivity index (χ4v) is 1.21. The highest BCUT2D eigenvalue weighted by Crippen LogP contribution is 2.21. The van der Waals surface area contributed by atoms with E-state index in [9.17, 15) is 4.79 Å². The molecule has 5 nitrogen and oxygen atoms in total. The summed E-state index contributed by atoms with van der Waals surface area (Å²) >= 11 is 0. The van der Waals surface area contributed by atoms with Crippen molar-refractivity contribution in [1.29, 1.82) is 0 Å². The molecule has 0 spiro atoms. The van der Waals surface area contributed by atoms with E-state index in [-0.39, 0.29) is 0 Å². The average molecular weight is 238 g/mol. The van der Waals surface area contributed by atoms with E-state index in [2.05, 4.69) is 10.9 Å². The maximum Gasteiger partial charge on any atom is 0.425 e. The highest BCUT2D eigenvalue weighted by molar-refractivity contribution is 5.70. The molecule has 17 heavy (non-hydrogen) atoms. The van der Waals surface area contributed by atoms with Gasteiger partial charge in [0.2, 0.25) is 0 Å². The summed E-state index contributed by atoms with van der Waals surface area (Å²) in [6, 6.07) is 7.29. The Labute approximate surface area is 101 Å². The number of unbranched alkanes of at least 4 members (excludes halogenated alkanes) is 1. The second kappa shape index (κ2) is 7.38. The summed E-state index contributed by atoms with van der Waals surface area (Å²) in [5, 5.41) is 0. The number of methoxy groups -OCH3 is 1. The Morgan fingerprint density at radius 3 is 2.82 bits per heavy atom. The lowest BCUT2D eigenvalue weighted by Crippen LogP contribution is -2.30. The van der Waals surface area contributed by atoms with Gasteiger partial charge in [-0.1, -0.05) is 25.5 Å². The largest absolute Gasteiger partial charge is 0.495 e. The van der Waals surface area contributed by atoms with Gasteiger partial charge < -0.3 is 9.47 Å². The minimum Gasteiger partial charge on any atom is -0.495 e. The Kier molecular flexibility index (Phi) is 5.71. The third kappa shape index (κ3) is 4.63. The van der Waals surface area contributed by atoms with Gasteiger partial charge in [0.05, 0.1) is 19.4 Å². The SMILES string of the molecule is CCCCOC(=O)NNc1ccccc1OC. The summed E-state index contributed by atoms with van der Waals surface area (Å²) in [5.41, 5.74) is 5.87. The van der Waals surface area contributed by atoms with E-state index in [1.807, 2.05) is 19.1 Å². The van der Waals surface area contributed by atoms with Gasteiger partial charge in [-0.2, -0.15) is 0 Å². The molecule has 0 atom stereocenters. The number of amides is 1. The lowest BCUT2D eigenvalue weighted by Gasteiger charge is -2.11. The highest BCUT2D eigenvalue weighted by atomic mass is 16.6. The number of hydrogen-bond acceptors (Lipinski definition) is 4. The van der Waals surface area contributed by atoms with Gasteiger partial charge in [0.25, 0.3) is 0 Å². The van der Waals surface area contributed by atoms with Crippen molar-refractivity contribution in [3.63, 3.8) is 0 Å². The third-order valence-electron chi connectivity index (χ3n) is 2.14. The molecular formula is C12H18N2O3. The Morgan fingerprint density at radius 1 is 1.35 bits per heavy atom. The summed E-state index contributed by atoms with van der Waals surface area (Å²) in [6.07, 6.45) is 1.36. The van der Waals surface area contributed by atoms with E-state index in [0.29, 0.717) is 18.0 Å². The Hall–Kier alpha value is -1.91. The Morgan fingerprint density at radius 2 is 2.12 bits per heavy atom. The summed E-state index contributed by atoms with van der Waals surface area (Å²) in [4.78, 5) is 11.3. The zero-order chi connectivity index (χ0) is 12.5. The van der Waals surface area contributed by atoms with E-state index in [1.54, 1.807) is 19.2 Å². The van der Waals surface area contributed by atoms with Crippen LogP contribution in [0.25, 0.3) is 0 Å². The number of nitrogens with one attached hydrogen (secondary N) is 2. The molecule has 0 aromatic heterocycles. The van der Waals surface area contributed by atoms with Crippen molar-refractivity contribution in [1.82, 2.24) is 5.43 Å². The minimum atomic E-state index is -0.496. The van der Waals surface area contributed by atoms with Crippen LogP contribution < -0.4 is 15.6 Å². The van der Waals surface area contributed by atoms with Crippen LogP contribution in [0.3, 0.4) is 0 Å². The van der Waals surface area contributed by atoms with Crippen LogP contribution in [0.1, 0.15) is 19.8 Å². The van der Waals surface area contributed by atoms with Gasteiger partial charge in [0, 0.05) is 0 Å². The number of ether oxygens (including phenoxy) is 2. The zero-order valence-corrected chi connectivity index (χ0v) is 10.2. The van der Waals surface area contributed by atoms with Gasteiger partial charge in [-0.3, -0.25) is 5.43 Å². The van der Waals surface area contributed by atoms with Gasteiger partial charge in [0.15, 0.2) is 0 Å². The highest BCUT2D eigenvalue weighted by Gasteiger charge is 2.03. The topological polar surface area (TPSA) is 59.6 Å². The van der Waals surface area contributed by atoms with Gasteiger partial charge >= 0.3 is 6.09 Å². The molecule has 1 aromatic rings. The maximum atomic E-state index is 11.3. The van der Waals surface area contributed by atoms with Crippen molar-refractivity contribution in [3.8, 4) is 5.75 Å². The van der Waals surface area contributed by atoms with E-state index in [4.69, 9.17) is 9.47 Å². The second-order valence-electron chi connectivity index (χ2n) is 3.44. The van der Waals surface area contributed by atoms with Crippen LogP contribution >= 0.6 is 0 Å². The minimum absolute atomic E-state index is 0.427. The quantitative estimate of drug-likeness (QED) is 0.590. The van der Waals surface area contributed by atoms with Crippen molar-refractivity contribution in [2.45, 2.75) is 19.8 Å². The second-order valence-corrected chi connectivity index (χ2v) is 3.44. The van der Waals surface area contributed by atoms with Gasteiger partial charge in [-0.05, 0) is 18.6 Å². The first-order chi connectivity index (χ1) is 8.27. The fourth-order valence-electron chi connectivity index (χ4n) is 1.21. The number of carbonyl (C=O) groups excluding carboxylic acids is 1. The van der Waals surface area contributed by atoms with Crippen molar-refractivity contribution in [2.75, 3.05) is 19.1 Å². The van der Waals surface area contributed by atoms with Gasteiger partial charge in [-0.15, -0.1) is 0 Å². The molecule has 2 N–H and O–H groups in total. The molecule has 0 saturated carbocycles. The first kappa shape index (κ1) is 13.2. The summed E-state index contributed by atoms with van der Waals surface area (Å²) in [6.45, 7) is 2.46. The van der Waals surface area contributed by atoms with Crippen LogP contribution in [-0.4, -0.2) is 19.8 Å². The van der Waals surface area contributed by atoms with Crippen LogP contribution in [0.15, 0.2) is 24.3 Å². The number of rotatable bonds is 6. The molecule has 1 rings (SSSR count). The molecule has 0 fully saturated rings. The monoisotopic (exact) mass is 238 g/mol. The van der Waals surface area contributed by atoms with Gasteiger partial charge in [-0.25, -0.2) is 10.2 Å². The molecule has 1 aromatic carbocycles. The normalized spacial score (nSPS) is 9.53. The van der Waals surface area contributed by atoms with E-state index in [1.165, 1.54) is 0 Å². The fraction of sp³-hybridized carbons (Fsp3) is 0.417. The smallest absolute Gasteiger partial charge is 0.425 e. The number of anilines is 1. The van der Waals surface area contributed by atoms with E-state index in [0.717, 1.165) is 12.8 Å². The van der Waals surface area contributed by atoms with E-state index >= 15 is 0 Å². The molecule has 0 aliphatic rings. The molecular weight excluding hydrogens is 220 g/mol. The summed E-state index contributed by atoms with van der Waals surface area (Å²) < 4.78 is 10.0. The first-order valence-corrected chi connectivity index (χ1v) is 5.59. The van der Waals surface area contributed by atoms with Gasteiger partial charge in [0.1, 0.15) is 5.75 Å². The van der Waals surface area contributed by atoms with Crippen LogP contribution in [0.5, 0.6) is 5.75 Å². The lowest BCUT2D eigenvalue weighted by molar-refractivity contribution is 0.146. The number of hydrazine groups is 1. The molecule has 94 valence electrons. The molecule has 0 aliphatic heterocycles. The van der Waals surface area contributed by atoms with Crippen molar-refractivity contribution in [3.05, 3.63) is 24.3 Å². The average Bonchev–Trinajstić information content (AvgIpc) is 2.37. The van der Waals surface area contributed by atoms with Crippen molar-refractivity contribution >= 4 is 11.8 Å². The number of para-hydroxylation sites is 2. The first-order valence-electron chi connectivity index (χ1n) is 5.59. The number of benzene rings is 1. The maximum absolute atomic E-state index is 11.3. The predicted molar refractivity (Wildman–Crippen MR) is 66.0 cm³/mol. The third-order valence-corrected chi connectivity index (χ3v) is 2.14. The van der Waals surface area contributed by atoms with Crippen LogP contribution in [0.4, 0.5) is 10.5 Å². The molecule has 5 heteroatoms. The van der Waals surface area contributed by atoms with Crippen LogP contribution in [-0.2, 0) is 4.74 Å². The van der Waals surface area contributed by atoms with Crippen molar-refractivity contribution < 1.29 is 14.3 Å². The number of carbonyl (C=O) groups is 1. The molecule has 0 bridgehead atoms. The van der Waals surface area contributed by atoms with Crippen LogP contribution in [0.2, 0.25) is 0 Å². The molecule has 0 saturated heterocycles. The standard InChI is InChI=1S/C12H18N2O3/c1-3-4-9-17-12(15)14-13-10-7-5-6-8-11(10)16-2/h5-8,13H,3-4,9H2,1-2H3,(H,14,15). The summed E-state index contributed by atoms with van der Waals surface area (Å²) in [5.74, 6) is 0.654. The number of hydrogen-bond donors (Lipinski definition) is 2. The lowest BCUT2D eigenvalue weighted by atomic mass is 10.3. The zero-order valence-electron chi connectivity index (χ0n) is 10.2. The van der Waals surface area contributed by atoms with Crippen LogP contribution in [0, 0.1) is 0 Å². The molecule has 0 aliphatic carbocycles.